The number of nitrogens with one attached hydrogen (secondary N) is 1. The summed E-state index contributed by atoms with van der Waals surface area (Å²) < 4.78 is 29.0. The van der Waals surface area contributed by atoms with Crippen molar-refractivity contribution in [2.24, 2.45) is 0 Å². The van der Waals surface area contributed by atoms with E-state index in [-0.39, 0.29) is 16.6 Å². The lowest BCUT2D eigenvalue weighted by atomic mass is 10.0. The molecule has 0 radical (unpaired) electrons. The molecular weight excluding hydrogens is 377 g/mol. The molecule has 1 rings (SSSR count). The Labute approximate surface area is 152 Å². The summed E-state index contributed by atoms with van der Waals surface area (Å²) in [5, 5.41) is 0. The van der Waals surface area contributed by atoms with E-state index in [1.807, 2.05) is 48.5 Å². The fourth-order valence-corrected chi connectivity index (χ4v) is 2.85. The summed E-state index contributed by atoms with van der Waals surface area (Å²) in [4.78, 5) is 0. The highest BCUT2D eigenvalue weighted by molar-refractivity contribution is 9.10. The summed E-state index contributed by atoms with van der Waals surface area (Å²) in [6.07, 6.45) is 2.30. The molecule has 0 bridgehead atoms. The molecule has 1 aromatic carbocycles. The molecule has 134 valence electrons. The van der Waals surface area contributed by atoms with Gasteiger partial charge in [-0.15, -0.1) is 6.58 Å². The zero-order valence-corrected chi connectivity index (χ0v) is 17.8. The summed E-state index contributed by atoms with van der Waals surface area (Å²) in [7, 11) is -1.23. The maximum atomic E-state index is 13.4. The van der Waals surface area contributed by atoms with Crippen LogP contribution in [0.1, 0.15) is 66.5 Å². The third-order valence-corrected chi connectivity index (χ3v) is 4.87. The van der Waals surface area contributed by atoms with Gasteiger partial charge in [-0.25, -0.2) is 13.3 Å². The molecule has 0 aromatic heterocycles. The second-order valence-corrected chi connectivity index (χ2v) is 8.09. The molecule has 2 atom stereocenters. The number of benzene rings is 1. The lowest BCUT2D eigenvalue weighted by molar-refractivity contribution is 0.590. The second-order valence-electron chi connectivity index (χ2n) is 5.24. The summed E-state index contributed by atoms with van der Waals surface area (Å²) in [5.74, 6) is -0.310. The average Bonchev–Trinajstić information content (AvgIpc) is 2.52. The van der Waals surface area contributed by atoms with Gasteiger partial charge in [0, 0.05) is 10.5 Å². The van der Waals surface area contributed by atoms with Crippen LogP contribution >= 0.6 is 15.9 Å². The van der Waals surface area contributed by atoms with Crippen molar-refractivity contribution in [3.05, 3.63) is 46.7 Å². The first-order valence-electron chi connectivity index (χ1n) is 7.99. The van der Waals surface area contributed by atoms with Crippen LogP contribution in [0.25, 0.3) is 0 Å². The highest BCUT2D eigenvalue weighted by atomic mass is 79.9. The minimum Gasteiger partial charge on any atom is -0.242 e. The quantitative estimate of drug-likeness (QED) is 0.569. The molecule has 0 saturated carbocycles. The largest absolute Gasteiger partial charge is 0.242 e. The first-order chi connectivity index (χ1) is 10.8. The minimum absolute atomic E-state index is 0.234. The zero-order valence-electron chi connectivity index (χ0n) is 15.4. The van der Waals surface area contributed by atoms with Gasteiger partial charge < -0.3 is 0 Å². The fraction of sp³-hybridized carbons (Fsp3) is 0.556. The molecular formula is C18H31BrFNOS. The predicted octanol–water partition coefficient (Wildman–Crippen LogP) is 6.31. The Morgan fingerprint density at radius 3 is 2.26 bits per heavy atom. The Kier molecular flexibility index (Phi) is 13.8. The number of rotatable bonds is 5. The van der Waals surface area contributed by atoms with Crippen LogP contribution in [-0.2, 0) is 11.0 Å². The summed E-state index contributed by atoms with van der Waals surface area (Å²) in [5.41, 5.74) is 0.748. The van der Waals surface area contributed by atoms with E-state index in [4.69, 9.17) is 0 Å². The van der Waals surface area contributed by atoms with Crippen LogP contribution in [0.5, 0.6) is 0 Å². The van der Waals surface area contributed by atoms with E-state index in [1.54, 1.807) is 12.1 Å². The van der Waals surface area contributed by atoms with Crippen molar-refractivity contribution in [3.63, 3.8) is 0 Å². The Bertz CT molecular complexity index is 486. The molecule has 0 aliphatic rings. The first kappa shape index (κ1) is 24.7. The van der Waals surface area contributed by atoms with E-state index in [0.717, 1.165) is 10.0 Å². The van der Waals surface area contributed by atoms with Gasteiger partial charge >= 0.3 is 0 Å². The number of hydrogen-bond acceptors (Lipinski definition) is 1. The van der Waals surface area contributed by atoms with Crippen molar-refractivity contribution in [2.45, 2.75) is 65.7 Å². The summed E-state index contributed by atoms with van der Waals surface area (Å²) >= 11 is 3.40. The van der Waals surface area contributed by atoms with E-state index >= 15 is 0 Å². The fourth-order valence-electron chi connectivity index (χ4n) is 1.49. The van der Waals surface area contributed by atoms with Crippen LogP contribution in [0.15, 0.2) is 35.3 Å². The van der Waals surface area contributed by atoms with Crippen molar-refractivity contribution < 1.29 is 8.60 Å². The molecule has 0 heterocycles. The lowest BCUT2D eigenvalue weighted by Gasteiger charge is -2.24. The average molecular weight is 408 g/mol. The van der Waals surface area contributed by atoms with Crippen LogP contribution in [0.4, 0.5) is 4.39 Å². The van der Waals surface area contributed by atoms with Crippen LogP contribution in [0.3, 0.4) is 0 Å². The third kappa shape index (κ3) is 9.38. The molecule has 1 aromatic rings. The second kappa shape index (κ2) is 12.8. The van der Waals surface area contributed by atoms with Gasteiger partial charge in [0.2, 0.25) is 0 Å². The monoisotopic (exact) mass is 407 g/mol. The highest BCUT2D eigenvalue weighted by Gasteiger charge is 2.24. The molecule has 5 heteroatoms. The van der Waals surface area contributed by atoms with Gasteiger partial charge in [-0.3, -0.25) is 0 Å². The molecule has 0 amide bonds. The van der Waals surface area contributed by atoms with Gasteiger partial charge in [-0.1, -0.05) is 49.7 Å². The van der Waals surface area contributed by atoms with Gasteiger partial charge in [-0.2, -0.15) is 0 Å². The Morgan fingerprint density at radius 1 is 1.30 bits per heavy atom. The standard InChI is InChI=1S/C14H19BrFNOS.2C2H6/c1-5-6-13(17-19(18)14(2,3)4)11-9-10(16)7-8-12(11)15;2*1-2/h5,7-9,13,17H,1,6H2,2-4H3;2*1-2H3. The van der Waals surface area contributed by atoms with Gasteiger partial charge in [0.1, 0.15) is 5.82 Å². The predicted molar refractivity (Wildman–Crippen MR) is 105 cm³/mol. The van der Waals surface area contributed by atoms with E-state index in [9.17, 15) is 8.60 Å². The smallest absolute Gasteiger partial charge is 0.123 e. The van der Waals surface area contributed by atoms with Crippen molar-refractivity contribution >= 4 is 26.9 Å². The Balaban J connectivity index is 0. The summed E-state index contributed by atoms with van der Waals surface area (Å²) in [6.45, 7) is 17.4. The lowest BCUT2D eigenvalue weighted by Crippen LogP contribution is -2.35. The number of hydrogen-bond donors (Lipinski definition) is 1. The summed E-state index contributed by atoms with van der Waals surface area (Å²) in [6, 6.07) is 4.26. The van der Waals surface area contributed by atoms with E-state index < -0.39 is 11.0 Å². The Hall–Kier alpha value is -0.520. The normalized spacial score (nSPS) is 12.9. The van der Waals surface area contributed by atoms with Gasteiger partial charge in [0.05, 0.1) is 15.7 Å². The zero-order chi connectivity index (χ0) is 18.6. The van der Waals surface area contributed by atoms with Crippen molar-refractivity contribution in [2.75, 3.05) is 0 Å². The van der Waals surface area contributed by atoms with Crippen molar-refractivity contribution in [3.8, 4) is 0 Å². The molecule has 0 spiro atoms. The van der Waals surface area contributed by atoms with E-state index in [1.165, 1.54) is 12.1 Å². The van der Waals surface area contributed by atoms with Gasteiger partial charge in [-0.05, 0) is 51.0 Å². The molecule has 23 heavy (non-hydrogen) atoms. The topological polar surface area (TPSA) is 29.1 Å². The molecule has 0 aliphatic heterocycles. The minimum atomic E-state index is -1.23. The van der Waals surface area contributed by atoms with E-state index in [2.05, 4.69) is 27.2 Å². The maximum absolute atomic E-state index is 13.4. The van der Waals surface area contributed by atoms with Crippen molar-refractivity contribution in [1.29, 1.82) is 0 Å². The SMILES string of the molecule is C=CCC(NS(=O)C(C)(C)C)c1cc(F)ccc1Br.CC.CC. The number of halogens is 2. The van der Waals surface area contributed by atoms with Gasteiger partial charge in [0.25, 0.3) is 0 Å². The third-order valence-electron chi connectivity index (χ3n) is 2.54. The highest BCUT2D eigenvalue weighted by Crippen LogP contribution is 2.28. The molecule has 0 aliphatic carbocycles. The van der Waals surface area contributed by atoms with E-state index in [0.29, 0.717) is 6.42 Å². The first-order valence-corrected chi connectivity index (χ1v) is 9.94. The molecule has 0 saturated heterocycles. The van der Waals surface area contributed by atoms with Crippen LogP contribution in [0.2, 0.25) is 0 Å². The van der Waals surface area contributed by atoms with Crippen LogP contribution < -0.4 is 4.72 Å². The molecule has 1 N–H and O–H groups in total. The maximum Gasteiger partial charge on any atom is 0.123 e. The van der Waals surface area contributed by atoms with Crippen LogP contribution in [0, 0.1) is 5.82 Å². The molecule has 0 fully saturated rings. The molecule has 2 nitrogen and oxygen atoms in total. The van der Waals surface area contributed by atoms with Gasteiger partial charge in [0.15, 0.2) is 0 Å². The van der Waals surface area contributed by atoms with Crippen LogP contribution in [-0.4, -0.2) is 8.96 Å². The van der Waals surface area contributed by atoms with Crippen molar-refractivity contribution in [1.82, 2.24) is 4.72 Å². The Morgan fingerprint density at radius 2 is 1.83 bits per heavy atom. The molecule has 2 unspecified atom stereocenters.